The summed E-state index contributed by atoms with van der Waals surface area (Å²) in [5, 5.41) is 3.42. The van der Waals surface area contributed by atoms with Gasteiger partial charge in [-0.3, -0.25) is 0 Å². The van der Waals surface area contributed by atoms with E-state index in [1.807, 2.05) is 18.2 Å². The number of halogens is 2. The molecule has 1 nitrogen and oxygen atoms in total. The van der Waals surface area contributed by atoms with Crippen LogP contribution >= 0.6 is 22.9 Å². The molecule has 1 aromatic carbocycles. The third-order valence-electron chi connectivity index (χ3n) is 3.34. The topological polar surface area (TPSA) is 12.0 Å². The minimum absolute atomic E-state index is 0.147. The molecule has 18 heavy (non-hydrogen) atoms. The van der Waals surface area contributed by atoms with E-state index in [0.717, 1.165) is 17.2 Å². The maximum atomic E-state index is 13.5. The normalized spacial score (nSPS) is 18.0. The lowest BCUT2D eigenvalue weighted by Gasteiger charge is -2.13. The summed E-state index contributed by atoms with van der Waals surface area (Å²) in [6.07, 6.45) is 2.15. The van der Waals surface area contributed by atoms with Crippen molar-refractivity contribution in [2.75, 3.05) is 0 Å². The zero-order valence-corrected chi connectivity index (χ0v) is 11.3. The highest BCUT2D eigenvalue weighted by atomic mass is 35.5. The maximum absolute atomic E-state index is 13.5. The predicted molar refractivity (Wildman–Crippen MR) is 73.6 cm³/mol. The van der Waals surface area contributed by atoms with E-state index in [1.165, 1.54) is 16.5 Å². The number of benzene rings is 1. The van der Waals surface area contributed by atoms with Crippen molar-refractivity contribution in [2.24, 2.45) is 0 Å². The van der Waals surface area contributed by atoms with Crippen LogP contribution in [0.3, 0.4) is 0 Å². The molecule has 0 saturated heterocycles. The van der Waals surface area contributed by atoms with Gasteiger partial charge in [0.2, 0.25) is 0 Å². The molecule has 4 heteroatoms. The largest absolute Gasteiger partial charge is 0.306 e. The van der Waals surface area contributed by atoms with Crippen LogP contribution in [0.1, 0.15) is 28.5 Å². The molecular formula is C14H13ClFNS. The second kappa shape index (κ2) is 5.00. The van der Waals surface area contributed by atoms with Gasteiger partial charge in [0.05, 0.1) is 4.34 Å². The van der Waals surface area contributed by atoms with E-state index in [9.17, 15) is 4.39 Å². The van der Waals surface area contributed by atoms with Crippen molar-refractivity contribution >= 4 is 22.9 Å². The number of hydrogen-bond acceptors (Lipinski definition) is 2. The Bertz CT molecular complexity index is 567. The molecule has 0 spiro atoms. The van der Waals surface area contributed by atoms with E-state index >= 15 is 0 Å². The van der Waals surface area contributed by atoms with Gasteiger partial charge in [-0.1, -0.05) is 29.8 Å². The van der Waals surface area contributed by atoms with Crippen LogP contribution in [0.2, 0.25) is 4.34 Å². The van der Waals surface area contributed by atoms with Crippen molar-refractivity contribution < 1.29 is 4.39 Å². The average Bonchev–Trinajstić information content (AvgIpc) is 2.88. The number of fused-ring (bicyclic) bond motifs is 1. The summed E-state index contributed by atoms with van der Waals surface area (Å²) in [6.45, 7) is 0.560. The summed E-state index contributed by atoms with van der Waals surface area (Å²) in [4.78, 5) is 1.37. The first-order chi connectivity index (χ1) is 8.74. The SMILES string of the molecule is Fc1ccccc1CNC1CCc2sc(Cl)cc21. The monoisotopic (exact) mass is 281 g/mol. The smallest absolute Gasteiger partial charge is 0.127 e. The lowest BCUT2D eigenvalue weighted by atomic mass is 10.1. The fraction of sp³-hybridized carbons (Fsp3) is 0.286. The van der Waals surface area contributed by atoms with E-state index in [0.29, 0.717) is 18.2 Å². The highest BCUT2D eigenvalue weighted by molar-refractivity contribution is 7.16. The van der Waals surface area contributed by atoms with Gasteiger partial charge in [-0.2, -0.15) is 0 Å². The molecule has 1 aromatic heterocycles. The first kappa shape index (κ1) is 12.2. The molecule has 0 amide bonds. The third kappa shape index (κ3) is 2.30. The van der Waals surface area contributed by atoms with Gasteiger partial charge in [-0.15, -0.1) is 11.3 Å². The number of thiophene rings is 1. The van der Waals surface area contributed by atoms with Gasteiger partial charge >= 0.3 is 0 Å². The van der Waals surface area contributed by atoms with Gasteiger partial charge in [0.25, 0.3) is 0 Å². The molecule has 1 heterocycles. The number of hydrogen-bond donors (Lipinski definition) is 1. The van der Waals surface area contributed by atoms with Crippen LogP contribution in [0.25, 0.3) is 0 Å². The summed E-state index contributed by atoms with van der Waals surface area (Å²) in [5.41, 5.74) is 2.01. The van der Waals surface area contributed by atoms with Crippen LogP contribution in [0.4, 0.5) is 4.39 Å². The number of nitrogens with one attached hydrogen (secondary N) is 1. The fourth-order valence-corrected chi connectivity index (χ4v) is 3.77. The Balaban J connectivity index is 1.70. The Kier molecular flexibility index (Phi) is 3.37. The molecule has 0 aliphatic heterocycles. The third-order valence-corrected chi connectivity index (χ3v) is 4.68. The van der Waals surface area contributed by atoms with E-state index in [2.05, 4.69) is 5.32 Å². The minimum atomic E-state index is -0.147. The van der Waals surface area contributed by atoms with Crippen LogP contribution in [-0.2, 0) is 13.0 Å². The van der Waals surface area contributed by atoms with Gasteiger partial charge < -0.3 is 5.32 Å². The van der Waals surface area contributed by atoms with Crippen LogP contribution in [0.15, 0.2) is 30.3 Å². The van der Waals surface area contributed by atoms with Crippen molar-refractivity contribution in [3.05, 3.63) is 56.5 Å². The molecule has 1 aliphatic rings. The molecule has 0 bridgehead atoms. The zero-order valence-electron chi connectivity index (χ0n) is 9.75. The minimum Gasteiger partial charge on any atom is -0.306 e. The van der Waals surface area contributed by atoms with Crippen LogP contribution < -0.4 is 5.32 Å². The van der Waals surface area contributed by atoms with Gasteiger partial charge in [0.15, 0.2) is 0 Å². The molecule has 0 radical (unpaired) electrons. The van der Waals surface area contributed by atoms with Crippen LogP contribution in [-0.4, -0.2) is 0 Å². The number of aryl methyl sites for hydroxylation is 1. The summed E-state index contributed by atoms with van der Waals surface area (Å²) >= 11 is 7.67. The molecule has 3 rings (SSSR count). The van der Waals surface area contributed by atoms with Crippen molar-refractivity contribution in [1.29, 1.82) is 0 Å². The lowest BCUT2D eigenvalue weighted by molar-refractivity contribution is 0.513. The van der Waals surface area contributed by atoms with Gasteiger partial charge in [0.1, 0.15) is 5.82 Å². The van der Waals surface area contributed by atoms with Gasteiger partial charge in [-0.25, -0.2) is 4.39 Å². The molecule has 1 atom stereocenters. The highest BCUT2D eigenvalue weighted by Gasteiger charge is 2.24. The summed E-state index contributed by atoms with van der Waals surface area (Å²) in [6, 6.07) is 9.24. The lowest BCUT2D eigenvalue weighted by Crippen LogP contribution is -2.19. The number of rotatable bonds is 3. The first-order valence-electron chi connectivity index (χ1n) is 5.99. The summed E-state index contributed by atoms with van der Waals surface area (Å²) in [5.74, 6) is -0.147. The Morgan fingerprint density at radius 3 is 3.06 bits per heavy atom. The molecule has 0 fully saturated rings. The molecule has 94 valence electrons. The van der Waals surface area contributed by atoms with E-state index in [-0.39, 0.29) is 5.82 Å². The second-order valence-corrected chi connectivity index (χ2v) is 6.26. The van der Waals surface area contributed by atoms with Crippen molar-refractivity contribution in [3.63, 3.8) is 0 Å². The molecule has 1 N–H and O–H groups in total. The predicted octanol–water partition coefficient (Wildman–Crippen LogP) is 4.32. The van der Waals surface area contributed by atoms with Crippen molar-refractivity contribution in [3.8, 4) is 0 Å². The van der Waals surface area contributed by atoms with Crippen LogP contribution in [0.5, 0.6) is 0 Å². The van der Waals surface area contributed by atoms with E-state index < -0.39 is 0 Å². The maximum Gasteiger partial charge on any atom is 0.127 e. The summed E-state index contributed by atoms with van der Waals surface area (Å²) in [7, 11) is 0. The summed E-state index contributed by atoms with van der Waals surface area (Å²) < 4.78 is 14.3. The second-order valence-electron chi connectivity index (χ2n) is 4.49. The van der Waals surface area contributed by atoms with Gasteiger partial charge in [0, 0.05) is 23.0 Å². The standard InChI is InChI=1S/C14H13ClFNS/c15-14-7-10-12(5-6-13(10)18-14)17-8-9-3-1-2-4-11(9)16/h1-4,7,12,17H,5-6,8H2. The molecule has 0 saturated carbocycles. The Morgan fingerprint density at radius 1 is 1.39 bits per heavy atom. The van der Waals surface area contributed by atoms with Crippen molar-refractivity contribution in [2.45, 2.75) is 25.4 Å². The van der Waals surface area contributed by atoms with E-state index in [4.69, 9.17) is 11.6 Å². The molecule has 1 unspecified atom stereocenters. The van der Waals surface area contributed by atoms with E-state index in [1.54, 1.807) is 17.4 Å². The van der Waals surface area contributed by atoms with Gasteiger partial charge in [-0.05, 0) is 30.5 Å². The zero-order chi connectivity index (χ0) is 12.5. The highest BCUT2D eigenvalue weighted by Crippen LogP contribution is 2.39. The average molecular weight is 282 g/mol. The Hall–Kier alpha value is -0.900. The molecular weight excluding hydrogens is 269 g/mol. The van der Waals surface area contributed by atoms with Crippen molar-refractivity contribution in [1.82, 2.24) is 5.32 Å². The quantitative estimate of drug-likeness (QED) is 0.884. The fourth-order valence-electron chi connectivity index (χ4n) is 2.42. The Labute approximate surface area is 115 Å². The molecule has 2 aromatic rings. The van der Waals surface area contributed by atoms with Crippen LogP contribution in [0, 0.1) is 5.82 Å². The first-order valence-corrected chi connectivity index (χ1v) is 7.18. The molecule has 1 aliphatic carbocycles. The Morgan fingerprint density at radius 2 is 2.22 bits per heavy atom.